The van der Waals surface area contributed by atoms with Crippen molar-refractivity contribution in [3.8, 4) is 0 Å². The standard InChI is InChI=1S/C12H14F3N3OS/c1-7(10(16)20)18(2)11(19)17-9-5-3-4-8(6-9)12(13,14)15/h3-7H,1-2H3,(H2,16,20)(H,17,19). The fraction of sp³-hybridized carbons (Fsp3) is 0.333. The molecule has 0 saturated carbocycles. The van der Waals surface area contributed by atoms with Crippen molar-refractivity contribution in [3.05, 3.63) is 29.8 Å². The van der Waals surface area contributed by atoms with Crippen LogP contribution in [0.3, 0.4) is 0 Å². The molecule has 1 atom stereocenters. The molecule has 20 heavy (non-hydrogen) atoms. The van der Waals surface area contributed by atoms with Crippen LogP contribution in [0.5, 0.6) is 0 Å². The van der Waals surface area contributed by atoms with E-state index < -0.39 is 23.8 Å². The molecule has 2 amide bonds. The van der Waals surface area contributed by atoms with Crippen molar-refractivity contribution in [3.63, 3.8) is 0 Å². The third-order valence-corrected chi connectivity index (χ3v) is 3.10. The number of thiocarbonyl (C=S) groups is 1. The number of hydrogen-bond acceptors (Lipinski definition) is 2. The average molecular weight is 305 g/mol. The summed E-state index contributed by atoms with van der Waals surface area (Å²) in [6.45, 7) is 1.62. The second-order valence-electron chi connectivity index (χ2n) is 4.20. The van der Waals surface area contributed by atoms with Gasteiger partial charge in [-0.1, -0.05) is 18.3 Å². The number of anilines is 1. The van der Waals surface area contributed by atoms with E-state index in [0.29, 0.717) is 0 Å². The highest BCUT2D eigenvalue weighted by Gasteiger charge is 2.30. The first-order valence-electron chi connectivity index (χ1n) is 5.63. The molecule has 0 heterocycles. The van der Waals surface area contributed by atoms with Gasteiger partial charge in [0, 0.05) is 12.7 Å². The van der Waals surface area contributed by atoms with E-state index in [4.69, 9.17) is 18.0 Å². The van der Waals surface area contributed by atoms with Gasteiger partial charge in [0.25, 0.3) is 0 Å². The first-order chi connectivity index (χ1) is 9.12. The number of nitrogens with one attached hydrogen (secondary N) is 1. The Hall–Kier alpha value is -1.83. The lowest BCUT2D eigenvalue weighted by molar-refractivity contribution is -0.137. The molecule has 0 spiro atoms. The minimum Gasteiger partial charge on any atom is -0.392 e. The van der Waals surface area contributed by atoms with E-state index in [1.165, 1.54) is 24.1 Å². The maximum Gasteiger partial charge on any atom is 0.416 e. The number of halogens is 3. The molecule has 0 aliphatic rings. The number of nitrogens with two attached hydrogens (primary N) is 1. The fourth-order valence-corrected chi connectivity index (χ4v) is 1.51. The van der Waals surface area contributed by atoms with Gasteiger partial charge in [0.15, 0.2) is 0 Å². The van der Waals surface area contributed by atoms with Gasteiger partial charge in [-0.15, -0.1) is 0 Å². The highest BCUT2D eigenvalue weighted by atomic mass is 32.1. The Bertz CT molecular complexity index is 519. The van der Waals surface area contributed by atoms with E-state index in [9.17, 15) is 18.0 Å². The fourth-order valence-electron chi connectivity index (χ4n) is 1.35. The molecule has 8 heteroatoms. The highest BCUT2D eigenvalue weighted by Crippen LogP contribution is 2.30. The van der Waals surface area contributed by atoms with E-state index in [1.807, 2.05) is 0 Å². The summed E-state index contributed by atoms with van der Waals surface area (Å²) in [6.07, 6.45) is -4.46. The first kappa shape index (κ1) is 16.2. The Morgan fingerprint density at radius 2 is 2.05 bits per heavy atom. The Morgan fingerprint density at radius 3 is 2.55 bits per heavy atom. The molecule has 1 unspecified atom stereocenters. The lowest BCUT2D eigenvalue weighted by atomic mass is 10.2. The molecule has 0 aliphatic carbocycles. The van der Waals surface area contributed by atoms with Crippen LogP contribution in [0.2, 0.25) is 0 Å². The third-order valence-electron chi connectivity index (χ3n) is 2.75. The molecule has 3 N–H and O–H groups in total. The zero-order chi connectivity index (χ0) is 15.5. The highest BCUT2D eigenvalue weighted by molar-refractivity contribution is 7.80. The SMILES string of the molecule is CC(C(N)=S)N(C)C(=O)Nc1cccc(C(F)(F)F)c1. The second-order valence-corrected chi connectivity index (χ2v) is 4.67. The number of likely N-dealkylation sites (N-methyl/N-ethyl adjacent to an activating group) is 1. The molecule has 1 aromatic rings. The quantitative estimate of drug-likeness (QED) is 0.844. The lowest BCUT2D eigenvalue weighted by Crippen LogP contribution is -2.44. The molecule has 0 saturated heterocycles. The van der Waals surface area contributed by atoms with Crippen LogP contribution in [0, 0.1) is 0 Å². The summed E-state index contributed by atoms with van der Waals surface area (Å²) >= 11 is 4.76. The van der Waals surface area contributed by atoms with Gasteiger partial charge in [0.05, 0.1) is 16.6 Å². The van der Waals surface area contributed by atoms with Crippen LogP contribution in [-0.2, 0) is 6.18 Å². The third kappa shape index (κ3) is 4.09. The van der Waals surface area contributed by atoms with Gasteiger partial charge in [0.2, 0.25) is 0 Å². The monoisotopic (exact) mass is 305 g/mol. The summed E-state index contributed by atoms with van der Waals surface area (Å²) in [4.78, 5) is 13.2. The summed E-state index contributed by atoms with van der Waals surface area (Å²) in [6, 6.07) is 3.27. The Kier molecular flexibility index (Phi) is 4.93. The molecule has 1 rings (SSSR count). The van der Waals surface area contributed by atoms with E-state index in [2.05, 4.69) is 5.32 Å². The largest absolute Gasteiger partial charge is 0.416 e. The van der Waals surface area contributed by atoms with E-state index in [0.717, 1.165) is 12.1 Å². The maximum atomic E-state index is 12.5. The number of urea groups is 1. The van der Waals surface area contributed by atoms with E-state index >= 15 is 0 Å². The van der Waals surface area contributed by atoms with Gasteiger partial charge in [-0.25, -0.2) is 4.79 Å². The number of benzene rings is 1. The van der Waals surface area contributed by atoms with Crippen LogP contribution in [-0.4, -0.2) is 29.0 Å². The number of hydrogen-bond donors (Lipinski definition) is 2. The Balaban J connectivity index is 2.84. The smallest absolute Gasteiger partial charge is 0.392 e. The van der Waals surface area contributed by atoms with Gasteiger partial charge in [-0.2, -0.15) is 13.2 Å². The molecule has 0 aliphatic heterocycles. The molecule has 110 valence electrons. The minimum atomic E-state index is -4.46. The van der Waals surface area contributed by atoms with Crippen molar-refractivity contribution in [1.82, 2.24) is 4.90 Å². The number of alkyl halides is 3. The first-order valence-corrected chi connectivity index (χ1v) is 6.04. The maximum absolute atomic E-state index is 12.5. The van der Waals surface area contributed by atoms with Crippen LogP contribution < -0.4 is 11.1 Å². The summed E-state index contributed by atoms with van der Waals surface area (Å²) in [7, 11) is 1.45. The van der Waals surface area contributed by atoms with Gasteiger partial charge in [0.1, 0.15) is 0 Å². The zero-order valence-electron chi connectivity index (χ0n) is 10.9. The number of rotatable bonds is 3. The van der Waals surface area contributed by atoms with Crippen molar-refractivity contribution in [1.29, 1.82) is 0 Å². The molecule has 0 bridgehead atoms. The van der Waals surface area contributed by atoms with Crippen molar-refractivity contribution in [2.75, 3.05) is 12.4 Å². The predicted octanol–water partition coefficient (Wildman–Crippen LogP) is 2.84. The summed E-state index contributed by atoms with van der Waals surface area (Å²) in [5, 5.41) is 2.36. The van der Waals surface area contributed by atoms with Gasteiger partial charge in [-0.3, -0.25) is 0 Å². The summed E-state index contributed by atoms with van der Waals surface area (Å²) in [5.41, 5.74) is 4.63. The number of carbonyl (C=O) groups is 1. The number of carbonyl (C=O) groups excluding carboxylic acids is 1. The Morgan fingerprint density at radius 1 is 1.45 bits per heavy atom. The Labute approximate surface area is 119 Å². The molecule has 4 nitrogen and oxygen atoms in total. The van der Waals surface area contributed by atoms with Crippen molar-refractivity contribution >= 4 is 28.9 Å². The van der Waals surface area contributed by atoms with Crippen LogP contribution in [0.15, 0.2) is 24.3 Å². The topological polar surface area (TPSA) is 58.4 Å². The molecular weight excluding hydrogens is 291 g/mol. The van der Waals surface area contributed by atoms with Gasteiger partial charge < -0.3 is 16.0 Å². The molecular formula is C12H14F3N3OS. The molecule has 0 aromatic heterocycles. The van der Waals surface area contributed by atoms with Gasteiger partial charge in [-0.05, 0) is 25.1 Å². The zero-order valence-corrected chi connectivity index (χ0v) is 11.7. The molecule has 1 aromatic carbocycles. The number of nitrogens with zero attached hydrogens (tertiary/aromatic N) is 1. The molecule has 0 fully saturated rings. The predicted molar refractivity (Wildman–Crippen MR) is 74.5 cm³/mol. The minimum absolute atomic E-state index is 0.0480. The van der Waals surface area contributed by atoms with Crippen molar-refractivity contribution in [2.24, 2.45) is 5.73 Å². The van der Waals surface area contributed by atoms with Crippen LogP contribution in [0.4, 0.5) is 23.7 Å². The van der Waals surface area contributed by atoms with Crippen molar-refractivity contribution in [2.45, 2.75) is 19.1 Å². The van der Waals surface area contributed by atoms with Crippen LogP contribution in [0.1, 0.15) is 12.5 Å². The molecule has 0 radical (unpaired) electrons. The van der Waals surface area contributed by atoms with E-state index in [1.54, 1.807) is 6.92 Å². The number of amides is 2. The van der Waals surface area contributed by atoms with Crippen LogP contribution in [0.25, 0.3) is 0 Å². The summed E-state index contributed by atoms with van der Waals surface area (Å²) in [5.74, 6) is 0. The van der Waals surface area contributed by atoms with Crippen LogP contribution >= 0.6 is 12.2 Å². The normalized spacial score (nSPS) is 12.7. The summed E-state index contributed by atoms with van der Waals surface area (Å²) < 4.78 is 37.6. The lowest BCUT2D eigenvalue weighted by Gasteiger charge is -2.24. The van der Waals surface area contributed by atoms with E-state index in [-0.39, 0.29) is 10.7 Å². The van der Waals surface area contributed by atoms with Gasteiger partial charge >= 0.3 is 12.2 Å². The van der Waals surface area contributed by atoms with Crippen molar-refractivity contribution < 1.29 is 18.0 Å². The average Bonchev–Trinajstić information content (AvgIpc) is 2.36. The second kappa shape index (κ2) is 6.08.